The molecule has 40 heavy (non-hydrogen) atoms. The first-order chi connectivity index (χ1) is 19.6. The molecule has 1 unspecified atom stereocenters. The Morgan fingerprint density at radius 2 is 1.93 bits per heavy atom. The number of carbonyl (C=O) groups is 1. The van der Waals surface area contributed by atoms with E-state index < -0.39 is 0 Å². The van der Waals surface area contributed by atoms with Gasteiger partial charge < -0.3 is 20.3 Å². The Bertz CT molecular complexity index is 1730. The van der Waals surface area contributed by atoms with Gasteiger partial charge in [-0.25, -0.2) is 19.0 Å². The van der Waals surface area contributed by atoms with Crippen molar-refractivity contribution in [2.24, 2.45) is 0 Å². The molecule has 7 rings (SSSR count). The van der Waals surface area contributed by atoms with Crippen LogP contribution in [-0.4, -0.2) is 65.7 Å². The van der Waals surface area contributed by atoms with Crippen molar-refractivity contribution in [2.45, 2.75) is 31.7 Å². The fraction of sp³-hybridized carbons (Fsp3) is 0.276. The SMILES string of the molecule is Cc1cc(Nc2ncnn3ccc(C4CN(C(=O)/C=C/C5CCCN5)C4)c23)ccc1Oc1ccn2ncnc2c1. The number of hydrogen-bond acceptors (Lipinski definition) is 8. The zero-order valence-electron chi connectivity index (χ0n) is 22.1. The van der Waals surface area contributed by atoms with Crippen molar-refractivity contribution in [3.05, 3.63) is 84.7 Å². The molecule has 4 aromatic heterocycles. The summed E-state index contributed by atoms with van der Waals surface area (Å²) in [6.45, 7) is 4.39. The molecule has 1 atom stereocenters. The van der Waals surface area contributed by atoms with Crippen molar-refractivity contribution in [1.82, 2.24) is 39.4 Å². The van der Waals surface area contributed by atoms with Crippen molar-refractivity contribution < 1.29 is 9.53 Å². The van der Waals surface area contributed by atoms with E-state index in [4.69, 9.17) is 4.74 Å². The molecule has 1 amide bonds. The van der Waals surface area contributed by atoms with Gasteiger partial charge in [-0.15, -0.1) is 0 Å². The Morgan fingerprint density at radius 1 is 1.07 bits per heavy atom. The number of carbonyl (C=O) groups excluding carboxylic acids is 1. The molecule has 2 saturated heterocycles. The summed E-state index contributed by atoms with van der Waals surface area (Å²) < 4.78 is 9.65. The van der Waals surface area contributed by atoms with Crippen molar-refractivity contribution >= 4 is 28.6 Å². The van der Waals surface area contributed by atoms with E-state index in [9.17, 15) is 4.79 Å². The summed E-state index contributed by atoms with van der Waals surface area (Å²) in [4.78, 5) is 23.3. The quantitative estimate of drug-likeness (QED) is 0.302. The molecular weight excluding hydrogens is 506 g/mol. The van der Waals surface area contributed by atoms with Gasteiger partial charge in [-0.3, -0.25) is 4.79 Å². The summed E-state index contributed by atoms with van der Waals surface area (Å²) in [6.07, 6.45) is 12.8. The maximum absolute atomic E-state index is 12.6. The minimum Gasteiger partial charge on any atom is -0.457 e. The van der Waals surface area contributed by atoms with Crippen LogP contribution in [0.1, 0.15) is 29.9 Å². The number of pyridine rings is 1. The summed E-state index contributed by atoms with van der Waals surface area (Å²) in [6, 6.07) is 12.0. The molecule has 5 aromatic rings. The van der Waals surface area contributed by atoms with E-state index in [1.54, 1.807) is 16.9 Å². The molecule has 0 aliphatic carbocycles. The minimum absolute atomic E-state index is 0.0715. The van der Waals surface area contributed by atoms with Gasteiger partial charge >= 0.3 is 0 Å². The molecule has 1 aromatic carbocycles. The van der Waals surface area contributed by atoms with Crippen LogP contribution < -0.4 is 15.4 Å². The average molecular weight is 536 g/mol. The van der Waals surface area contributed by atoms with Gasteiger partial charge in [-0.1, -0.05) is 6.08 Å². The molecule has 11 heteroatoms. The highest BCUT2D eigenvalue weighted by Crippen LogP contribution is 2.35. The van der Waals surface area contributed by atoms with Crippen molar-refractivity contribution in [1.29, 1.82) is 0 Å². The normalized spacial score (nSPS) is 17.6. The largest absolute Gasteiger partial charge is 0.457 e. The molecule has 0 bridgehead atoms. The van der Waals surface area contributed by atoms with Crippen LogP contribution in [-0.2, 0) is 4.79 Å². The van der Waals surface area contributed by atoms with Crippen LogP contribution in [0.15, 0.2) is 73.6 Å². The third-order valence-electron chi connectivity index (χ3n) is 7.61. The lowest BCUT2D eigenvalue weighted by Gasteiger charge is -2.38. The Kier molecular flexibility index (Phi) is 6.12. The zero-order chi connectivity index (χ0) is 27.1. The van der Waals surface area contributed by atoms with Gasteiger partial charge in [0.1, 0.15) is 29.7 Å². The van der Waals surface area contributed by atoms with E-state index in [1.165, 1.54) is 6.33 Å². The number of aryl methyl sites for hydroxylation is 1. The number of nitrogens with one attached hydrogen (secondary N) is 2. The highest BCUT2D eigenvalue weighted by atomic mass is 16.5. The second kappa shape index (κ2) is 10.1. The van der Waals surface area contributed by atoms with Gasteiger partial charge in [-0.2, -0.15) is 10.2 Å². The summed E-state index contributed by atoms with van der Waals surface area (Å²) in [5, 5.41) is 15.4. The van der Waals surface area contributed by atoms with Gasteiger partial charge in [0.15, 0.2) is 11.5 Å². The van der Waals surface area contributed by atoms with Crippen LogP contribution >= 0.6 is 0 Å². The van der Waals surface area contributed by atoms with E-state index in [2.05, 4.69) is 36.9 Å². The van der Waals surface area contributed by atoms with E-state index in [0.717, 1.165) is 58.9 Å². The van der Waals surface area contributed by atoms with Crippen LogP contribution in [0.25, 0.3) is 11.2 Å². The summed E-state index contributed by atoms with van der Waals surface area (Å²) in [7, 11) is 0. The fourth-order valence-electron chi connectivity index (χ4n) is 5.40. The van der Waals surface area contributed by atoms with Gasteiger partial charge in [-0.05, 0) is 67.8 Å². The van der Waals surface area contributed by atoms with Crippen molar-refractivity contribution in [3.63, 3.8) is 0 Å². The first-order valence-corrected chi connectivity index (χ1v) is 13.5. The van der Waals surface area contributed by atoms with Crippen molar-refractivity contribution in [3.8, 4) is 11.5 Å². The maximum atomic E-state index is 12.6. The average Bonchev–Trinajstić information content (AvgIpc) is 3.70. The molecular formula is C29H29N9O2. The highest BCUT2D eigenvalue weighted by molar-refractivity contribution is 5.89. The number of nitrogens with zero attached hydrogens (tertiary/aromatic N) is 7. The Balaban J connectivity index is 1.06. The number of ether oxygens (including phenoxy) is 1. The summed E-state index contributed by atoms with van der Waals surface area (Å²) >= 11 is 0. The predicted octanol–water partition coefficient (Wildman–Crippen LogP) is 3.85. The third kappa shape index (κ3) is 4.64. The fourth-order valence-corrected chi connectivity index (χ4v) is 5.40. The molecule has 0 spiro atoms. The second-order valence-corrected chi connectivity index (χ2v) is 10.3. The third-order valence-corrected chi connectivity index (χ3v) is 7.61. The lowest BCUT2D eigenvalue weighted by molar-refractivity contribution is -0.130. The standard InChI is InChI=1S/C29H29N9O2/c1-19-13-22(4-6-25(19)40-23-8-11-37-26(14-23)31-17-33-37)35-29-28-24(9-12-38(28)34-18-32-29)20-15-36(16-20)27(39)7-5-21-3-2-10-30-21/h4-9,11-14,17-18,20-21,30H,2-3,10,15-16H2,1H3,(H,32,34,35)/b7-5+. The second-order valence-electron chi connectivity index (χ2n) is 10.3. The van der Waals surface area contributed by atoms with Gasteiger partial charge in [0.25, 0.3) is 0 Å². The molecule has 11 nitrogen and oxygen atoms in total. The molecule has 0 radical (unpaired) electrons. The lowest BCUT2D eigenvalue weighted by Crippen LogP contribution is -2.47. The van der Waals surface area contributed by atoms with Gasteiger partial charge in [0.05, 0.1) is 0 Å². The van der Waals surface area contributed by atoms with Crippen LogP contribution in [0, 0.1) is 6.92 Å². The molecule has 2 aliphatic heterocycles. The molecule has 0 saturated carbocycles. The first kappa shape index (κ1) is 24.3. The molecule has 6 heterocycles. The molecule has 202 valence electrons. The van der Waals surface area contributed by atoms with E-state index in [-0.39, 0.29) is 11.8 Å². The lowest BCUT2D eigenvalue weighted by atomic mass is 9.92. The summed E-state index contributed by atoms with van der Waals surface area (Å²) in [5.74, 6) is 2.47. The van der Waals surface area contributed by atoms with E-state index in [0.29, 0.717) is 24.9 Å². The predicted molar refractivity (Wildman–Crippen MR) is 150 cm³/mol. The van der Waals surface area contributed by atoms with Crippen LogP contribution in [0.5, 0.6) is 11.5 Å². The minimum atomic E-state index is 0.0715. The Morgan fingerprint density at radius 3 is 2.77 bits per heavy atom. The zero-order valence-corrected chi connectivity index (χ0v) is 22.1. The number of benzene rings is 1. The number of anilines is 2. The molecule has 2 fully saturated rings. The topological polar surface area (TPSA) is 114 Å². The number of hydrogen-bond donors (Lipinski definition) is 2. The van der Waals surface area contributed by atoms with Crippen LogP contribution in [0.2, 0.25) is 0 Å². The maximum Gasteiger partial charge on any atom is 0.246 e. The van der Waals surface area contributed by atoms with Gasteiger partial charge in [0.2, 0.25) is 5.91 Å². The Labute approximate surface area is 230 Å². The molecule has 2 N–H and O–H groups in total. The smallest absolute Gasteiger partial charge is 0.246 e. The van der Waals surface area contributed by atoms with E-state index in [1.807, 2.05) is 65.1 Å². The summed E-state index contributed by atoms with van der Waals surface area (Å²) in [5.41, 5.74) is 4.64. The van der Waals surface area contributed by atoms with Crippen LogP contribution in [0.4, 0.5) is 11.5 Å². The number of fused-ring (bicyclic) bond motifs is 2. The number of amides is 1. The highest BCUT2D eigenvalue weighted by Gasteiger charge is 2.33. The number of aromatic nitrogens is 6. The monoisotopic (exact) mass is 535 g/mol. The molecule has 2 aliphatic rings. The first-order valence-electron chi connectivity index (χ1n) is 13.5. The van der Waals surface area contributed by atoms with E-state index >= 15 is 0 Å². The van der Waals surface area contributed by atoms with Crippen LogP contribution in [0.3, 0.4) is 0 Å². The number of likely N-dealkylation sites (tertiary alicyclic amines) is 1. The number of rotatable bonds is 7. The van der Waals surface area contributed by atoms with Crippen molar-refractivity contribution in [2.75, 3.05) is 25.0 Å². The van der Waals surface area contributed by atoms with Gasteiger partial charge in [0, 0.05) is 55.3 Å². The Hall–Kier alpha value is -4.77.